The van der Waals surface area contributed by atoms with Gasteiger partial charge in [0.1, 0.15) is 0 Å². The highest BCUT2D eigenvalue weighted by atomic mass is 32.2. The predicted octanol–water partition coefficient (Wildman–Crippen LogP) is 2.54. The maximum absolute atomic E-state index is 11.8. The van der Waals surface area contributed by atoms with Crippen LogP contribution in [0.15, 0.2) is 35.3 Å². The number of carbonyl (C=O) groups excluding carboxylic acids is 2. The van der Waals surface area contributed by atoms with Gasteiger partial charge in [-0.3, -0.25) is 4.79 Å². The Kier molecular flexibility index (Phi) is 5.83. The topological polar surface area (TPSA) is 68.2 Å². The van der Waals surface area contributed by atoms with Crippen molar-refractivity contribution in [1.82, 2.24) is 0 Å². The molecular weight excluding hydrogens is 304 g/mol. The molecule has 0 spiro atoms. The second-order valence-corrected chi connectivity index (χ2v) is 5.56. The van der Waals surface area contributed by atoms with E-state index in [0.717, 1.165) is 5.69 Å². The fraction of sp³-hybridized carbons (Fsp3) is 0.400. The van der Waals surface area contributed by atoms with Gasteiger partial charge >= 0.3 is 12.1 Å². The van der Waals surface area contributed by atoms with Crippen molar-refractivity contribution < 1.29 is 19.1 Å². The van der Waals surface area contributed by atoms with Crippen LogP contribution in [0.3, 0.4) is 0 Å². The van der Waals surface area contributed by atoms with Crippen LogP contribution in [-0.4, -0.2) is 43.2 Å². The number of esters is 1. The van der Waals surface area contributed by atoms with Crippen molar-refractivity contribution in [1.29, 1.82) is 0 Å². The number of amidine groups is 1. The van der Waals surface area contributed by atoms with Crippen molar-refractivity contribution in [3.8, 4) is 0 Å². The van der Waals surface area contributed by atoms with Crippen LogP contribution >= 0.6 is 11.8 Å². The van der Waals surface area contributed by atoms with Crippen LogP contribution in [-0.2, 0) is 14.3 Å². The SMILES string of the molecule is CCOC(=O)/N=C1\SCC(C(=O)OC)CN1c1ccccc1. The molecule has 1 fully saturated rings. The summed E-state index contributed by atoms with van der Waals surface area (Å²) in [5.74, 6) is -0.00574. The Hall–Kier alpha value is -2.02. The Labute approximate surface area is 133 Å². The maximum Gasteiger partial charge on any atom is 0.436 e. The third-order valence-electron chi connectivity index (χ3n) is 3.10. The second-order valence-electron chi connectivity index (χ2n) is 4.57. The molecule has 22 heavy (non-hydrogen) atoms. The standard InChI is InChI=1S/C15H18N2O4S/c1-3-21-15(19)16-14-17(12-7-5-4-6-8-12)9-11(10-22-14)13(18)20-2/h4-8,11H,3,9-10H2,1-2H3/b16-14-. The summed E-state index contributed by atoms with van der Waals surface area (Å²) in [7, 11) is 1.38. The normalized spacial score (nSPS) is 19.8. The van der Waals surface area contributed by atoms with Crippen molar-refractivity contribution in [2.45, 2.75) is 6.92 Å². The fourth-order valence-corrected chi connectivity index (χ4v) is 3.13. The minimum Gasteiger partial charge on any atom is -0.469 e. The molecule has 7 heteroatoms. The van der Waals surface area contributed by atoms with Crippen LogP contribution in [0.2, 0.25) is 0 Å². The lowest BCUT2D eigenvalue weighted by molar-refractivity contribution is -0.144. The molecule has 0 aromatic heterocycles. The van der Waals surface area contributed by atoms with E-state index in [1.165, 1.54) is 18.9 Å². The lowest BCUT2D eigenvalue weighted by Crippen LogP contribution is -2.43. The number of amides is 1. The lowest BCUT2D eigenvalue weighted by atomic mass is 10.1. The Morgan fingerprint density at radius 1 is 1.36 bits per heavy atom. The van der Waals surface area contributed by atoms with Gasteiger partial charge in [0.15, 0.2) is 5.17 Å². The molecule has 1 aliphatic heterocycles. The van der Waals surface area contributed by atoms with Gasteiger partial charge in [-0.1, -0.05) is 30.0 Å². The second kappa shape index (κ2) is 7.84. The molecule has 1 aromatic rings. The van der Waals surface area contributed by atoms with Gasteiger partial charge in [-0.05, 0) is 19.1 Å². The number of carbonyl (C=O) groups is 2. The molecule has 0 bridgehead atoms. The zero-order valence-corrected chi connectivity index (χ0v) is 13.3. The van der Waals surface area contributed by atoms with E-state index in [0.29, 0.717) is 17.5 Å². The number of hydrogen-bond donors (Lipinski definition) is 0. The van der Waals surface area contributed by atoms with E-state index in [1.54, 1.807) is 6.92 Å². The maximum atomic E-state index is 11.8. The van der Waals surface area contributed by atoms with Gasteiger partial charge in [-0.25, -0.2) is 4.79 Å². The Morgan fingerprint density at radius 2 is 2.09 bits per heavy atom. The van der Waals surface area contributed by atoms with Crippen LogP contribution in [0.1, 0.15) is 6.92 Å². The van der Waals surface area contributed by atoms with Gasteiger partial charge in [0, 0.05) is 18.0 Å². The van der Waals surface area contributed by atoms with Crippen molar-refractivity contribution in [2.75, 3.05) is 30.9 Å². The van der Waals surface area contributed by atoms with Gasteiger partial charge in [-0.2, -0.15) is 4.99 Å². The molecular formula is C15H18N2O4S. The zero-order valence-electron chi connectivity index (χ0n) is 12.5. The van der Waals surface area contributed by atoms with E-state index in [2.05, 4.69) is 4.99 Å². The molecule has 2 rings (SSSR count). The number of para-hydroxylation sites is 1. The highest BCUT2D eigenvalue weighted by molar-refractivity contribution is 8.14. The fourth-order valence-electron chi connectivity index (χ4n) is 2.06. The summed E-state index contributed by atoms with van der Waals surface area (Å²) in [5.41, 5.74) is 0.867. The van der Waals surface area contributed by atoms with Crippen LogP contribution in [0.4, 0.5) is 10.5 Å². The first kappa shape index (κ1) is 16.4. The largest absolute Gasteiger partial charge is 0.469 e. The molecule has 0 radical (unpaired) electrons. The third-order valence-corrected chi connectivity index (χ3v) is 4.24. The monoisotopic (exact) mass is 322 g/mol. The van der Waals surface area contributed by atoms with E-state index >= 15 is 0 Å². The van der Waals surface area contributed by atoms with Crippen molar-refractivity contribution in [3.63, 3.8) is 0 Å². The average molecular weight is 322 g/mol. The summed E-state index contributed by atoms with van der Waals surface area (Å²) < 4.78 is 9.68. The Morgan fingerprint density at radius 3 is 2.73 bits per heavy atom. The average Bonchev–Trinajstić information content (AvgIpc) is 2.55. The molecule has 1 atom stereocenters. The summed E-state index contributed by atoms with van der Waals surface area (Å²) >= 11 is 1.35. The molecule has 1 unspecified atom stereocenters. The van der Waals surface area contributed by atoms with E-state index in [-0.39, 0.29) is 18.5 Å². The Balaban J connectivity index is 2.25. The summed E-state index contributed by atoms with van der Waals surface area (Å²) in [4.78, 5) is 29.2. The van der Waals surface area contributed by atoms with Gasteiger partial charge in [0.2, 0.25) is 0 Å². The number of rotatable bonds is 3. The highest BCUT2D eigenvalue weighted by Crippen LogP contribution is 2.28. The smallest absolute Gasteiger partial charge is 0.436 e. The number of nitrogens with zero attached hydrogens (tertiary/aromatic N) is 2. The molecule has 1 saturated heterocycles. The number of benzene rings is 1. The predicted molar refractivity (Wildman–Crippen MR) is 86.2 cm³/mol. The van der Waals surface area contributed by atoms with Crippen LogP contribution < -0.4 is 4.90 Å². The first-order chi connectivity index (χ1) is 10.7. The first-order valence-electron chi connectivity index (χ1n) is 6.94. The van der Waals surface area contributed by atoms with E-state index < -0.39 is 6.09 Å². The van der Waals surface area contributed by atoms with Gasteiger partial charge < -0.3 is 14.4 Å². The van der Waals surface area contributed by atoms with Crippen molar-refractivity contribution >= 4 is 34.7 Å². The molecule has 1 amide bonds. The molecule has 118 valence electrons. The third kappa shape index (κ3) is 4.00. The zero-order chi connectivity index (χ0) is 15.9. The van der Waals surface area contributed by atoms with Crippen LogP contribution in [0, 0.1) is 5.92 Å². The Bertz CT molecular complexity index is 562. The quantitative estimate of drug-likeness (QED) is 0.797. The molecule has 0 saturated carbocycles. The van der Waals surface area contributed by atoms with E-state index in [4.69, 9.17) is 9.47 Å². The van der Waals surface area contributed by atoms with Gasteiger partial charge in [0.05, 0.1) is 19.6 Å². The molecule has 6 nitrogen and oxygen atoms in total. The summed E-state index contributed by atoms with van der Waals surface area (Å²) in [6.07, 6.45) is -0.623. The molecule has 1 aliphatic rings. The number of hydrogen-bond acceptors (Lipinski definition) is 5. The minimum absolute atomic E-state index is 0.261. The molecule has 0 N–H and O–H groups in total. The summed E-state index contributed by atoms with van der Waals surface area (Å²) in [6, 6.07) is 9.50. The summed E-state index contributed by atoms with van der Waals surface area (Å²) in [6.45, 7) is 2.42. The molecule has 0 aliphatic carbocycles. The number of thioether (sulfide) groups is 1. The number of anilines is 1. The number of ether oxygens (including phenoxy) is 2. The van der Waals surface area contributed by atoms with Crippen LogP contribution in [0.25, 0.3) is 0 Å². The first-order valence-corrected chi connectivity index (χ1v) is 7.93. The van der Waals surface area contributed by atoms with Gasteiger partial charge in [-0.15, -0.1) is 0 Å². The van der Waals surface area contributed by atoms with Crippen molar-refractivity contribution in [3.05, 3.63) is 30.3 Å². The molecule has 1 aromatic carbocycles. The van der Waals surface area contributed by atoms with Crippen molar-refractivity contribution in [2.24, 2.45) is 10.9 Å². The lowest BCUT2D eigenvalue weighted by Gasteiger charge is -2.33. The summed E-state index contributed by atoms with van der Waals surface area (Å²) in [5, 5.41) is 0.532. The van der Waals surface area contributed by atoms with Gasteiger partial charge in [0.25, 0.3) is 0 Å². The van der Waals surface area contributed by atoms with E-state index in [9.17, 15) is 9.59 Å². The highest BCUT2D eigenvalue weighted by Gasteiger charge is 2.31. The van der Waals surface area contributed by atoms with Crippen LogP contribution in [0.5, 0.6) is 0 Å². The molecule has 1 heterocycles. The number of aliphatic imine (C=N–C) groups is 1. The number of methoxy groups -OCH3 is 1. The van der Waals surface area contributed by atoms with E-state index in [1.807, 2.05) is 35.2 Å². The minimum atomic E-state index is -0.623.